The summed E-state index contributed by atoms with van der Waals surface area (Å²) in [4.78, 5) is 13.4. The van der Waals surface area contributed by atoms with Crippen LogP contribution in [0.1, 0.15) is 32.9 Å². The fourth-order valence-electron chi connectivity index (χ4n) is 3.00. The smallest absolute Gasteiger partial charge is 0.335 e. The van der Waals surface area contributed by atoms with Gasteiger partial charge in [0.05, 0.1) is 16.7 Å². The first-order valence-corrected chi connectivity index (χ1v) is 10.3. The van der Waals surface area contributed by atoms with E-state index in [1.807, 2.05) is 31.4 Å². The minimum atomic E-state index is -3.74. The average molecular weight is 411 g/mol. The van der Waals surface area contributed by atoms with Crippen LogP contribution in [0.15, 0.2) is 64.6 Å². The summed E-state index contributed by atoms with van der Waals surface area (Å²) in [6, 6.07) is 14.9. The van der Waals surface area contributed by atoms with E-state index in [0.29, 0.717) is 0 Å². The zero-order valence-corrected chi connectivity index (χ0v) is 17.1. The van der Waals surface area contributed by atoms with Crippen LogP contribution in [0.2, 0.25) is 0 Å². The van der Waals surface area contributed by atoms with Crippen LogP contribution in [0.3, 0.4) is 0 Å². The number of carbonyl (C=O) groups is 1. The average Bonchev–Trinajstić information content (AvgIpc) is 2.95. The third kappa shape index (κ3) is 4.38. The number of aryl methyl sites for hydroxylation is 2. The molecule has 8 heteroatoms. The lowest BCUT2D eigenvalue weighted by Gasteiger charge is -2.10. The maximum atomic E-state index is 12.3. The first-order valence-electron chi connectivity index (χ1n) is 8.83. The molecular weight excluding hydrogens is 390 g/mol. The first-order chi connectivity index (χ1) is 13.7. The number of nitrogens with one attached hydrogen (secondary N) is 1. The van der Waals surface area contributed by atoms with Gasteiger partial charge in [0.25, 0.3) is 10.0 Å². The molecule has 2 N–H and O–H groups in total. The van der Waals surface area contributed by atoms with E-state index >= 15 is 0 Å². The van der Waals surface area contributed by atoms with Gasteiger partial charge in [0.15, 0.2) is 0 Å². The summed E-state index contributed by atoms with van der Waals surface area (Å²) >= 11 is 0. The van der Waals surface area contributed by atoms with Crippen molar-refractivity contribution in [3.05, 3.63) is 82.7 Å². The molecule has 0 radical (unpaired) electrons. The van der Waals surface area contributed by atoms with Crippen molar-refractivity contribution in [2.45, 2.75) is 25.7 Å². The minimum Gasteiger partial charge on any atom is -0.478 e. The Kier molecular flexibility index (Phi) is 5.56. The van der Waals surface area contributed by atoms with Crippen molar-refractivity contribution in [3.8, 4) is 5.69 Å². The van der Waals surface area contributed by atoms with Crippen molar-refractivity contribution in [2.75, 3.05) is 0 Å². The van der Waals surface area contributed by atoms with Crippen LogP contribution in [0, 0.1) is 20.8 Å². The molecule has 7 nitrogen and oxygen atoms in total. The lowest BCUT2D eigenvalue weighted by molar-refractivity contribution is 0.0697. The van der Waals surface area contributed by atoms with E-state index in [1.165, 1.54) is 18.3 Å². The Hall–Kier alpha value is -3.39. The van der Waals surface area contributed by atoms with E-state index in [-0.39, 0.29) is 10.5 Å². The third-order valence-electron chi connectivity index (χ3n) is 4.55. The van der Waals surface area contributed by atoms with Crippen LogP contribution in [-0.4, -0.2) is 30.3 Å². The van der Waals surface area contributed by atoms with Gasteiger partial charge in [0.2, 0.25) is 0 Å². The van der Waals surface area contributed by atoms with Gasteiger partial charge in [-0.1, -0.05) is 17.7 Å². The zero-order chi connectivity index (χ0) is 21.2. The molecule has 1 aromatic heterocycles. The fourth-order valence-corrected chi connectivity index (χ4v) is 3.80. The monoisotopic (exact) mass is 411 g/mol. The number of carboxylic acids is 1. The van der Waals surface area contributed by atoms with Gasteiger partial charge in [-0.2, -0.15) is 13.5 Å². The number of carboxylic acid groups (broad SMARTS) is 1. The molecule has 0 amide bonds. The molecule has 3 aromatic rings. The van der Waals surface area contributed by atoms with Gasteiger partial charge in [-0.05, 0) is 63.2 Å². The number of hydrogen-bond donors (Lipinski definition) is 2. The van der Waals surface area contributed by atoms with E-state index in [4.69, 9.17) is 5.11 Å². The summed E-state index contributed by atoms with van der Waals surface area (Å²) < 4.78 is 26.6. The molecule has 0 fully saturated rings. The van der Waals surface area contributed by atoms with Crippen molar-refractivity contribution < 1.29 is 18.3 Å². The van der Waals surface area contributed by atoms with E-state index in [1.54, 1.807) is 36.4 Å². The Morgan fingerprint density at radius 1 is 1.03 bits per heavy atom. The molecule has 0 aliphatic carbocycles. The molecule has 2 aromatic carbocycles. The lowest BCUT2D eigenvalue weighted by Crippen LogP contribution is -2.18. The van der Waals surface area contributed by atoms with Crippen molar-refractivity contribution in [3.63, 3.8) is 0 Å². The minimum absolute atomic E-state index is 0.143. The van der Waals surface area contributed by atoms with Crippen molar-refractivity contribution in [2.24, 2.45) is 5.10 Å². The molecule has 1 heterocycles. The topological polar surface area (TPSA) is 101 Å². The number of sulfonamides is 1. The summed E-state index contributed by atoms with van der Waals surface area (Å²) in [6.07, 6.45) is 1.45. The van der Waals surface area contributed by atoms with Crippen LogP contribution in [-0.2, 0) is 10.0 Å². The Labute approximate surface area is 169 Å². The highest BCUT2D eigenvalue weighted by Crippen LogP contribution is 2.20. The molecule has 3 rings (SSSR count). The predicted molar refractivity (Wildman–Crippen MR) is 111 cm³/mol. The van der Waals surface area contributed by atoms with Gasteiger partial charge in [0.1, 0.15) is 0 Å². The van der Waals surface area contributed by atoms with E-state index in [9.17, 15) is 13.2 Å². The normalized spacial score (nSPS) is 11.7. The number of hydrogen-bond acceptors (Lipinski definition) is 4. The second-order valence-corrected chi connectivity index (χ2v) is 8.34. The first kappa shape index (κ1) is 20.3. The quantitative estimate of drug-likeness (QED) is 0.479. The van der Waals surface area contributed by atoms with E-state index in [2.05, 4.69) is 9.93 Å². The lowest BCUT2D eigenvalue weighted by atomic mass is 10.2. The Morgan fingerprint density at radius 2 is 1.66 bits per heavy atom. The highest BCUT2D eigenvalue weighted by atomic mass is 32.2. The number of benzene rings is 2. The summed E-state index contributed by atoms with van der Waals surface area (Å²) in [5.74, 6) is -0.980. The number of rotatable bonds is 6. The van der Waals surface area contributed by atoms with Crippen LogP contribution in [0.25, 0.3) is 5.69 Å². The van der Waals surface area contributed by atoms with Gasteiger partial charge in [-0.25, -0.2) is 9.63 Å². The van der Waals surface area contributed by atoms with Crippen LogP contribution < -0.4 is 4.83 Å². The number of aromatic carboxylic acids is 1. The third-order valence-corrected chi connectivity index (χ3v) is 5.79. The van der Waals surface area contributed by atoms with Crippen LogP contribution in [0.5, 0.6) is 0 Å². The summed E-state index contributed by atoms with van der Waals surface area (Å²) in [5.41, 5.74) is 4.50. The highest BCUT2D eigenvalue weighted by Gasteiger charge is 2.13. The number of nitrogens with zero attached hydrogens (tertiary/aromatic N) is 2. The molecular formula is C21H21N3O4S. The van der Waals surface area contributed by atoms with Crippen molar-refractivity contribution in [1.29, 1.82) is 0 Å². The molecule has 0 aliphatic heterocycles. The maximum Gasteiger partial charge on any atom is 0.335 e. The largest absolute Gasteiger partial charge is 0.478 e. The summed E-state index contributed by atoms with van der Waals surface area (Å²) in [5, 5.41) is 12.9. The van der Waals surface area contributed by atoms with E-state index < -0.39 is 16.0 Å². The molecule has 150 valence electrons. The summed E-state index contributed by atoms with van der Waals surface area (Å²) in [6.45, 7) is 5.67. The summed E-state index contributed by atoms with van der Waals surface area (Å²) in [7, 11) is -3.74. The Balaban J connectivity index is 1.83. The molecule has 0 saturated heterocycles. The fraction of sp³-hybridized carbons (Fsp3) is 0.143. The number of aromatic nitrogens is 1. The van der Waals surface area contributed by atoms with Gasteiger partial charge < -0.3 is 9.67 Å². The number of hydrazone groups is 1. The molecule has 0 saturated carbocycles. The van der Waals surface area contributed by atoms with Crippen LogP contribution >= 0.6 is 0 Å². The van der Waals surface area contributed by atoms with Crippen LogP contribution in [0.4, 0.5) is 0 Å². The molecule has 0 atom stereocenters. The molecule has 0 bridgehead atoms. The Morgan fingerprint density at radius 3 is 2.24 bits per heavy atom. The van der Waals surface area contributed by atoms with Gasteiger partial charge in [-0.15, -0.1) is 0 Å². The SMILES string of the molecule is Cc1ccc(S(=O)(=O)N/N=C\c2cc(C)n(-c3ccc(C(=O)O)cc3)c2C)cc1. The van der Waals surface area contributed by atoms with Gasteiger partial charge in [-0.3, -0.25) is 0 Å². The molecule has 0 unspecified atom stereocenters. The predicted octanol–water partition coefficient (Wildman–Crippen LogP) is 3.41. The van der Waals surface area contributed by atoms with Crippen molar-refractivity contribution >= 4 is 22.2 Å². The maximum absolute atomic E-state index is 12.3. The van der Waals surface area contributed by atoms with E-state index in [0.717, 1.165) is 28.2 Å². The highest BCUT2D eigenvalue weighted by molar-refractivity contribution is 7.89. The van der Waals surface area contributed by atoms with Crippen molar-refractivity contribution in [1.82, 2.24) is 9.40 Å². The molecule has 0 aliphatic rings. The molecule has 29 heavy (non-hydrogen) atoms. The Bertz CT molecular complexity index is 1180. The zero-order valence-electron chi connectivity index (χ0n) is 16.2. The van der Waals surface area contributed by atoms with Gasteiger partial charge >= 0.3 is 5.97 Å². The second-order valence-electron chi connectivity index (χ2n) is 6.68. The standard InChI is InChI=1S/C21H21N3O4S/c1-14-4-10-20(11-5-14)29(27,28)23-22-13-18-12-15(2)24(16(18)3)19-8-6-17(7-9-19)21(25)26/h4-13,23H,1-3H3,(H,25,26)/b22-13-. The van der Waals surface area contributed by atoms with Gasteiger partial charge in [0, 0.05) is 22.6 Å². The second kappa shape index (κ2) is 7.92. The molecule has 0 spiro atoms.